The molecule has 0 spiro atoms. The summed E-state index contributed by atoms with van der Waals surface area (Å²) in [7, 11) is -2.92. The van der Waals surface area contributed by atoms with Gasteiger partial charge in [0.05, 0.1) is 41.2 Å². The number of carbonyl (C=O) groups excluding carboxylic acids is 2. The fraction of sp³-hybridized carbons (Fsp3) is 0.408. The van der Waals surface area contributed by atoms with Gasteiger partial charge in [-0.15, -0.1) is 0 Å². The number of allylic oxidation sites excluding steroid dienone is 1. The predicted molar refractivity (Wildman–Crippen MR) is 260 cm³/mol. The second-order valence-electron chi connectivity index (χ2n) is 18.3. The van der Waals surface area contributed by atoms with Crippen molar-refractivity contribution in [2.45, 2.75) is 57.6 Å². The third-order valence-electron chi connectivity index (χ3n) is 13.0. The van der Waals surface area contributed by atoms with Crippen LogP contribution in [-0.2, 0) is 21.3 Å². The largest absolute Gasteiger partial charge is 0.456 e. The lowest BCUT2D eigenvalue weighted by atomic mass is 9.72. The van der Waals surface area contributed by atoms with Crippen molar-refractivity contribution in [3.05, 3.63) is 122 Å². The van der Waals surface area contributed by atoms with Crippen LogP contribution in [0.2, 0.25) is 5.02 Å². The van der Waals surface area contributed by atoms with Crippen molar-refractivity contribution < 1.29 is 32.4 Å². The molecule has 0 bridgehead atoms. The summed E-state index contributed by atoms with van der Waals surface area (Å²) in [6.07, 6.45) is 4.43. The number of aliphatic imine (C=N–C) groups is 1. The number of fused-ring (bicyclic) bond motifs is 1. The maximum absolute atomic E-state index is 14.1. The third-order valence-corrected chi connectivity index (χ3v) is 14.6. The van der Waals surface area contributed by atoms with Crippen LogP contribution >= 0.6 is 11.6 Å². The Morgan fingerprint density at radius 2 is 1.79 bits per heavy atom. The molecule has 3 heterocycles. The van der Waals surface area contributed by atoms with E-state index in [-0.39, 0.29) is 41.5 Å². The number of benzene rings is 4. The standard InChI is InChI=1S/C49H57ClN8O8S/c1-5-54(4)48(60)57-23-24-65-38(32-57)29-52-43-16-14-39(26-44(43)58(61)62)67(63,64)53-47(59)40-15-13-37(25-46(40)66-45-8-6-7-34-28-51-30-42(34)45)56-21-19-55(20-22-56)31-35-17-18-49(2,3)27-41(35)33-9-11-36(50)12-10-33/h6-16,25-26,30,38,52H,5,17-24,27-29,31-32H2,1-4H3,(H,53,59). The summed E-state index contributed by atoms with van der Waals surface area (Å²) in [6, 6.07) is 22.0. The number of amides is 3. The van der Waals surface area contributed by atoms with E-state index in [2.05, 4.69) is 50.8 Å². The van der Waals surface area contributed by atoms with Gasteiger partial charge in [-0.1, -0.05) is 55.3 Å². The van der Waals surface area contributed by atoms with Gasteiger partial charge in [0.1, 0.15) is 17.2 Å². The normalized spacial score (nSPS) is 18.4. The highest BCUT2D eigenvalue weighted by Gasteiger charge is 2.32. The molecule has 16 nitrogen and oxygen atoms in total. The molecule has 8 rings (SSSR count). The average Bonchev–Trinajstić information content (AvgIpc) is 3.81. The van der Waals surface area contributed by atoms with Gasteiger partial charge in [-0.25, -0.2) is 17.9 Å². The highest BCUT2D eigenvalue weighted by molar-refractivity contribution is 7.90. The molecule has 4 aliphatic rings. The number of halogens is 1. The van der Waals surface area contributed by atoms with Crippen molar-refractivity contribution in [2.75, 3.05) is 82.8 Å². The number of nitrogens with one attached hydrogen (secondary N) is 2. The van der Waals surface area contributed by atoms with Crippen LogP contribution in [0.3, 0.4) is 0 Å². The average molecular weight is 954 g/mol. The molecular formula is C49H57ClN8O8S. The zero-order valence-electron chi connectivity index (χ0n) is 38.3. The number of ether oxygens (including phenoxy) is 2. The van der Waals surface area contributed by atoms with Crippen LogP contribution in [0.5, 0.6) is 11.5 Å². The molecular weight excluding hydrogens is 896 g/mol. The van der Waals surface area contributed by atoms with E-state index in [0.717, 1.165) is 66.8 Å². The maximum Gasteiger partial charge on any atom is 0.319 e. The van der Waals surface area contributed by atoms with Gasteiger partial charge in [0.25, 0.3) is 21.6 Å². The molecule has 1 aliphatic carbocycles. The summed E-state index contributed by atoms with van der Waals surface area (Å²) in [6.45, 7) is 12.6. The highest BCUT2D eigenvalue weighted by atomic mass is 35.5. The maximum atomic E-state index is 14.1. The molecule has 4 aromatic rings. The number of morpholine rings is 1. The summed E-state index contributed by atoms with van der Waals surface area (Å²) < 4.78 is 42.1. The van der Waals surface area contributed by atoms with Gasteiger partial charge in [-0.05, 0) is 90.8 Å². The number of rotatable bonds is 14. The lowest BCUT2D eigenvalue weighted by Gasteiger charge is -2.39. The van der Waals surface area contributed by atoms with Crippen molar-refractivity contribution in [1.82, 2.24) is 19.4 Å². The van der Waals surface area contributed by atoms with E-state index in [4.69, 9.17) is 21.1 Å². The third kappa shape index (κ3) is 11.1. The van der Waals surface area contributed by atoms with Crippen molar-refractivity contribution in [2.24, 2.45) is 10.4 Å². The van der Waals surface area contributed by atoms with E-state index in [1.807, 2.05) is 31.2 Å². The van der Waals surface area contributed by atoms with E-state index in [1.165, 1.54) is 28.8 Å². The minimum Gasteiger partial charge on any atom is -0.456 e. The molecule has 1 atom stereocenters. The summed E-state index contributed by atoms with van der Waals surface area (Å²) in [5.41, 5.74) is 6.33. The van der Waals surface area contributed by atoms with Crippen molar-refractivity contribution in [3.63, 3.8) is 0 Å². The number of nitro groups is 1. The number of sulfonamides is 1. The molecule has 18 heteroatoms. The van der Waals surface area contributed by atoms with Gasteiger partial charge in [0, 0.05) is 94.0 Å². The quantitative estimate of drug-likeness (QED) is 0.0923. The van der Waals surface area contributed by atoms with Gasteiger partial charge < -0.3 is 29.5 Å². The molecule has 2 fully saturated rings. The van der Waals surface area contributed by atoms with Crippen molar-refractivity contribution in [1.29, 1.82) is 0 Å². The Morgan fingerprint density at radius 3 is 2.54 bits per heavy atom. The van der Waals surface area contributed by atoms with Gasteiger partial charge >= 0.3 is 6.03 Å². The van der Waals surface area contributed by atoms with E-state index in [9.17, 15) is 28.1 Å². The summed E-state index contributed by atoms with van der Waals surface area (Å²) >= 11 is 6.25. The smallest absolute Gasteiger partial charge is 0.319 e. The number of hydrogen-bond donors (Lipinski definition) is 2. The number of anilines is 2. The number of nitrogens with zero attached hydrogens (tertiary/aromatic N) is 6. The zero-order chi connectivity index (χ0) is 47.5. The van der Waals surface area contributed by atoms with Crippen molar-refractivity contribution in [3.8, 4) is 11.5 Å². The van der Waals surface area contributed by atoms with Gasteiger partial charge in [-0.2, -0.15) is 0 Å². The summed E-state index contributed by atoms with van der Waals surface area (Å²) in [5.74, 6) is -0.371. The fourth-order valence-corrected chi connectivity index (χ4v) is 10.1. The first kappa shape index (κ1) is 47.5. The Labute approximate surface area is 396 Å². The molecule has 354 valence electrons. The van der Waals surface area contributed by atoms with Crippen LogP contribution in [0, 0.1) is 15.5 Å². The molecule has 0 radical (unpaired) electrons. The van der Waals surface area contributed by atoms with Gasteiger partial charge in [0.15, 0.2) is 0 Å². The topological polar surface area (TPSA) is 179 Å². The van der Waals surface area contributed by atoms with E-state index in [0.29, 0.717) is 45.1 Å². The first-order valence-corrected chi connectivity index (χ1v) is 24.5. The second-order valence-corrected chi connectivity index (χ2v) is 20.4. The Morgan fingerprint density at radius 1 is 1.01 bits per heavy atom. The lowest BCUT2D eigenvalue weighted by Crippen LogP contribution is -2.51. The molecule has 2 saturated heterocycles. The predicted octanol–water partition coefficient (Wildman–Crippen LogP) is 8.06. The molecule has 1 unspecified atom stereocenters. The van der Waals surface area contributed by atoms with Gasteiger partial charge in [0.2, 0.25) is 0 Å². The SMILES string of the molecule is CCN(C)C(=O)N1CCOC(CNc2ccc(S(=O)(=O)NC(=O)c3ccc(N4CCN(CC5=C(c6ccc(Cl)cc6)CC(C)(C)CC5)CC4)cc3Oc3cccc4c3C=NC4)cc2[N+](=O)[O-])C1. The van der Waals surface area contributed by atoms with E-state index < -0.39 is 37.5 Å². The molecule has 2 N–H and O–H groups in total. The molecule has 3 amide bonds. The first-order chi connectivity index (χ1) is 32.1. The minimum atomic E-state index is -4.63. The second kappa shape index (κ2) is 20.1. The lowest BCUT2D eigenvalue weighted by molar-refractivity contribution is -0.384. The number of nitro benzene ring substituents is 1. The van der Waals surface area contributed by atoms with E-state index >= 15 is 0 Å². The van der Waals surface area contributed by atoms with Crippen molar-refractivity contribution >= 4 is 62.4 Å². The Balaban J connectivity index is 0.984. The van der Waals surface area contributed by atoms with Crippen LogP contribution in [-0.4, -0.2) is 125 Å². The van der Waals surface area contributed by atoms with Crippen LogP contribution in [0.4, 0.5) is 21.9 Å². The van der Waals surface area contributed by atoms with E-state index in [1.54, 1.807) is 47.3 Å². The van der Waals surface area contributed by atoms with Crippen LogP contribution in [0.15, 0.2) is 94.3 Å². The molecule has 0 aromatic heterocycles. The summed E-state index contributed by atoms with van der Waals surface area (Å²) in [4.78, 5) is 50.2. The molecule has 0 saturated carbocycles. The monoisotopic (exact) mass is 952 g/mol. The molecule has 3 aliphatic heterocycles. The Kier molecular flexibility index (Phi) is 14.2. The van der Waals surface area contributed by atoms with Crippen LogP contribution in [0.25, 0.3) is 5.57 Å². The molecule has 4 aromatic carbocycles. The zero-order valence-corrected chi connectivity index (χ0v) is 39.9. The minimum absolute atomic E-state index is 0.0432. The number of piperazine rings is 1. The van der Waals surface area contributed by atoms with Crippen LogP contribution in [0.1, 0.15) is 67.1 Å². The Bertz CT molecular complexity index is 2700. The first-order valence-electron chi connectivity index (χ1n) is 22.7. The van der Waals surface area contributed by atoms with Crippen LogP contribution < -0.4 is 19.7 Å². The number of hydrogen-bond acceptors (Lipinski definition) is 12. The fourth-order valence-electron chi connectivity index (χ4n) is 9.03. The Hall–Kier alpha value is -6.01. The number of carbonyl (C=O) groups is 2. The van der Waals surface area contributed by atoms with Gasteiger partial charge in [-0.3, -0.25) is 24.8 Å². The number of urea groups is 1. The highest BCUT2D eigenvalue weighted by Crippen LogP contribution is 2.44. The molecule has 67 heavy (non-hydrogen) atoms. The summed E-state index contributed by atoms with van der Waals surface area (Å²) in [5, 5.41) is 16.0.